The second-order valence-electron chi connectivity index (χ2n) is 5.01. The van der Waals surface area contributed by atoms with Crippen LogP contribution in [0.5, 0.6) is 0 Å². The van der Waals surface area contributed by atoms with Crippen molar-refractivity contribution in [2.24, 2.45) is 0 Å². The Morgan fingerprint density at radius 2 is 1.78 bits per heavy atom. The van der Waals surface area contributed by atoms with Crippen molar-refractivity contribution in [3.05, 3.63) is 29.3 Å². The quantitative estimate of drug-likeness (QED) is 0.789. The van der Waals surface area contributed by atoms with Gasteiger partial charge in [0.1, 0.15) is 6.54 Å². The Hall–Kier alpha value is -1.42. The van der Waals surface area contributed by atoms with Crippen LogP contribution in [0.2, 0.25) is 0 Å². The normalized spacial score (nSPS) is 11.1. The number of nitrogens with one attached hydrogen (secondary N) is 2. The summed E-state index contributed by atoms with van der Waals surface area (Å²) in [5.74, 6) is 0.447. The second kappa shape index (κ2) is 6.50. The van der Waals surface area contributed by atoms with Crippen LogP contribution in [0.15, 0.2) is 18.2 Å². The minimum Gasteiger partial charge on any atom is -0.325 e. The summed E-state index contributed by atoms with van der Waals surface area (Å²) in [4.78, 5) is 11.3. The molecule has 0 unspecified atom stereocenters. The number of rotatable bonds is 5. The standard InChI is InChI=1S/C14H21FN2O/c1-9(2)12-6-5-11(7-13(12)10(3)4)17-14(18)8-16-15/h5-7,9-10,16H,8H2,1-4H3,(H,17,18). The highest BCUT2D eigenvalue weighted by Gasteiger charge is 2.11. The van der Waals surface area contributed by atoms with Gasteiger partial charge in [-0.05, 0) is 35.1 Å². The third-order valence-electron chi connectivity index (χ3n) is 2.84. The fraction of sp³-hybridized carbons (Fsp3) is 0.500. The molecular formula is C14H21FN2O. The molecule has 0 bridgehead atoms. The van der Waals surface area contributed by atoms with Crippen molar-refractivity contribution in [2.75, 3.05) is 11.9 Å². The highest BCUT2D eigenvalue weighted by atomic mass is 19.2. The fourth-order valence-electron chi connectivity index (χ4n) is 1.94. The average Bonchev–Trinajstić information content (AvgIpc) is 2.28. The molecule has 0 aliphatic heterocycles. The van der Waals surface area contributed by atoms with Crippen LogP contribution in [0.4, 0.5) is 10.2 Å². The number of carbonyl (C=O) groups is 1. The summed E-state index contributed by atoms with van der Waals surface area (Å²) in [5.41, 5.74) is 4.56. The number of benzene rings is 1. The van der Waals surface area contributed by atoms with Crippen LogP contribution < -0.4 is 10.9 Å². The Kier molecular flexibility index (Phi) is 5.28. The van der Waals surface area contributed by atoms with Crippen LogP contribution in [0, 0.1) is 0 Å². The number of carbonyl (C=O) groups excluding carboxylic acids is 1. The first kappa shape index (κ1) is 14.6. The van der Waals surface area contributed by atoms with Gasteiger partial charge in [-0.1, -0.05) is 33.8 Å². The third-order valence-corrected chi connectivity index (χ3v) is 2.84. The van der Waals surface area contributed by atoms with E-state index in [0.29, 0.717) is 17.5 Å². The van der Waals surface area contributed by atoms with Crippen LogP contribution >= 0.6 is 0 Å². The van der Waals surface area contributed by atoms with Gasteiger partial charge in [-0.25, -0.2) is 0 Å². The van der Waals surface area contributed by atoms with Gasteiger partial charge in [0, 0.05) is 5.69 Å². The number of anilines is 1. The number of hydrogen-bond acceptors (Lipinski definition) is 2. The van der Waals surface area contributed by atoms with E-state index in [-0.39, 0.29) is 12.5 Å². The highest BCUT2D eigenvalue weighted by Crippen LogP contribution is 2.28. The second-order valence-corrected chi connectivity index (χ2v) is 5.01. The van der Waals surface area contributed by atoms with Gasteiger partial charge in [-0.3, -0.25) is 4.79 Å². The van der Waals surface area contributed by atoms with Crippen molar-refractivity contribution in [1.29, 1.82) is 0 Å². The number of amides is 1. The predicted molar refractivity (Wildman–Crippen MR) is 72.4 cm³/mol. The largest absolute Gasteiger partial charge is 0.325 e. The van der Waals surface area contributed by atoms with Crippen LogP contribution in [0.25, 0.3) is 0 Å². The van der Waals surface area contributed by atoms with E-state index in [0.717, 1.165) is 0 Å². The fourth-order valence-corrected chi connectivity index (χ4v) is 1.94. The molecule has 0 aliphatic rings. The molecule has 0 saturated heterocycles. The summed E-state index contributed by atoms with van der Waals surface area (Å²) < 4.78 is 11.8. The SMILES string of the molecule is CC(C)c1ccc(NC(=O)CNF)cc1C(C)C. The first-order valence-corrected chi connectivity index (χ1v) is 6.22. The zero-order valence-electron chi connectivity index (χ0n) is 11.4. The van der Waals surface area contributed by atoms with E-state index in [2.05, 4.69) is 33.0 Å². The van der Waals surface area contributed by atoms with Gasteiger partial charge in [-0.2, -0.15) is 0 Å². The molecule has 0 atom stereocenters. The molecule has 0 saturated carbocycles. The molecule has 3 nitrogen and oxygen atoms in total. The van der Waals surface area contributed by atoms with Crippen LogP contribution in [0.3, 0.4) is 0 Å². The van der Waals surface area contributed by atoms with Gasteiger partial charge >= 0.3 is 0 Å². The number of halogens is 1. The lowest BCUT2D eigenvalue weighted by molar-refractivity contribution is -0.116. The molecule has 1 rings (SSSR count). The van der Waals surface area contributed by atoms with Crippen molar-refractivity contribution >= 4 is 11.6 Å². The van der Waals surface area contributed by atoms with Crippen LogP contribution in [-0.4, -0.2) is 12.5 Å². The van der Waals surface area contributed by atoms with Gasteiger partial charge in [0.25, 0.3) is 0 Å². The Balaban J connectivity index is 2.96. The lowest BCUT2D eigenvalue weighted by Gasteiger charge is -2.17. The molecule has 0 spiro atoms. The van der Waals surface area contributed by atoms with Gasteiger partial charge in [0.15, 0.2) is 0 Å². The Labute approximate surface area is 108 Å². The lowest BCUT2D eigenvalue weighted by Crippen LogP contribution is -2.23. The van der Waals surface area contributed by atoms with Gasteiger partial charge in [0.2, 0.25) is 5.91 Å². The maximum Gasteiger partial charge on any atom is 0.241 e. The minimum absolute atomic E-state index is 0.330. The molecule has 0 aliphatic carbocycles. The van der Waals surface area contributed by atoms with E-state index in [4.69, 9.17) is 0 Å². The molecule has 0 heterocycles. The van der Waals surface area contributed by atoms with E-state index in [1.807, 2.05) is 18.2 Å². The smallest absolute Gasteiger partial charge is 0.241 e. The molecule has 100 valence electrons. The van der Waals surface area contributed by atoms with Crippen molar-refractivity contribution < 1.29 is 9.28 Å². The summed E-state index contributed by atoms with van der Waals surface area (Å²) >= 11 is 0. The van der Waals surface area contributed by atoms with E-state index < -0.39 is 0 Å². The van der Waals surface area contributed by atoms with E-state index in [9.17, 15) is 9.28 Å². The Morgan fingerprint density at radius 1 is 1.17 bits per heavy atom. The lowest BCUT2D eigenvalue weighted by atomic mass is 9.90. The van der Waals surface area contributed by atoms with Gasteiger partial charge in [0.05, 0.1) is 0 Å². The van der Waals surface area contributed by atoms with E-state index in [1.165, 1.54) is 16.7 Å². The van der Waals surface area contributed by atoms with Crippen molar-refractivity contribution in [3.63, 3.8) is 0 Å². The monoisotopic (exact) mass is 252 g/mol. The molecule has 1 amide bonds. The molecule has 18 heavy (non-hydrogen) atoms. The maximum atomic E-state index is 11.8. The molecule has 0 fully saturated rings. The molecule has 0 radical (unpaired) electrons. The summed E-state index contributed by atoms with van der Waals surface area (Å²) in [6, 6.07) is 5.85. The van der Waals surface area contributed by atoms with Gasteiger partial charge in [-0.15, -0.1) is 10.0 Å². The summed E-state index contributed by atoms with van der Waals surface area (Å²) in [6.45, 7) is 8.20. The third kappa shape index (κ3) is 3.81. The maximum absolute atomic E-state index is 11.8. The van der Waals surface area contributed by atoms with Crippen molar-refractivity contribution in [1.82, 2.24) is 5.54 Å². The van der Waals surface area contributed by atoms with Crippen LogP contribution in [0.1, 0.15) is 50.7 Å². The topological polar surface area (TPSA) is 41.1 Å². The molecule has 2 N–H and O–H groups in total. The predicted octanol–water partition coefficient (Wildman–Crippen LogP) is 3.35. The van der Waals surface area contributed by atoms with Crippen LogP contribution in [-0.2, 0) is 4.79 Å². The van der Waals surface area contributed by atoms with E-state index in [1.54, 1.807) is 0 Å². The molecule has 0 aromatic heterocycles. The van der Waals surface area contributed by atoms with Crippen molar-refractivity contribution in [3.8, 4) is 0 Å². The highest BCUT2D eigenvalue weighted by molar-refractivity contribution is 5.92. The summed E-state index contributed by atoms with van der Waals surface area (Å²) in [5, 5.41) is 2.66. The zero-order chi connectivity index (χ0) is 13.7. The molecule has 1 aromatic rings. The Morgan fingerprint density at radius 3 is 2.28 bits per heavy atom. The van der Waals surface area contributed by atoms with Gasteiger partial charge < -0.3 is 5.32 Å². The summed E-state index contributed by atoms with van der Waals surface area (Å²) in [7, 11) is 0. The summed E-state index contributed by atoms with van der Waals surface area (Å²) in [6.07, 6.45) is 0. The van der Waals surface area contributed by atoms with Crippen molar-refractivity contribution in [2.45, 2.75) is 39.5 Å². The van der Waals surface area contributed by atoms with E-state index >= 15 is 0 Å². The Bertz CT molecular complexity index is 416. The molecule has 4 heteroatoms. The minimum atomic E-state index is -0.385. The first-order valence-electron chi connectivity index (χ1n) is 6.22. The molecule has 1 aromatic carbocycles. The molecular weight excluding hydrogens is 231 g/mol. The zero-order valence-corrected chi connectivity index (χ0v) is 11.4. The first-order chi connectivity index (χ1) is 8.45. The number of hydrogen-bond donors (Lipinski definition) is 2. The average molecular weight is 252 g/mol.